The fraction of sp³-hybridized carbons (Fsp3) is 0.357. The third-order valence-corrected chi connectivity index (χ3v) is 7.85. The average molecular weight is 494 g/mol. The SMILES string of the molecule is CCN1CCc2c(nn(-c3ccc(-c4nc(Nc5ccc6[nH]ncc6c5C5CC5)n(C)n4)cc3)c2C)C1. The molecule has 0 amide bonds. The van der Waals surface area contributed by atoms with Gasteiger partial charge in [0.1, 0.15) is 0 Å². The van der Waals surface area contributed by atoms with Gasteiger partial charge in [-0.25, -0.2) is 9.36 Å². The molecule has 2 N–H and O–H groups in total. The van der Waals surface area contributed by atoms with Crippen molar-refractivity contribution in [3.8, 4) is 17.1 Å². The fourth-order valence-electron chi connectivity index (χ4n) is 5.57. The number of hydrogen-bond acceptors (Lipinski definition) is 6. The van der Waals surface area contributed by atoms with E-state index in [0.717, 1.165) is 54.5 Å². The highest BCUT2D eigenvalue weighted by molar-refractivity contribution is 5.89. The molecule has 7 rings (SSSR count). The van der Waals surface area contributed by atoms with Crippen molar-refractivity contribution in [3.63, 3.8) is 0 Å². The number of aromatic amines is 1. The predicted octanol–water partition coefficient (Wildman–Crippen LogP) is 4.85. The molecule has 0 bridgehead atoms. The van der Waals surface area contributed by atoms with E-state index in [4.69, 9.17) is 15.2 Å². The Labute approximate surface area is 215 Å². The van der Waals surface area contributed by atoms with Gasteiger partial charge in [0, 0.05) is 42.5 Å². The number of rotatable bonds is 6. The summed E-state index contributed by atoms with van der Waals surface area (Å²) in [5.41, 5.74) is 9.35. The Morgan fingerprint density at radius 2 is 1.92 bits per heavy atom. The summed E-state index contributed by atoms with van der Waals surface area (Å²) in [4.78, 5) is 7.29. The number of hydrogen-bond donors (Lipinski definition) is 2. The van der Waals surface area contributed by atoms with E-state index in [1.165, 1.54) is 40.7 Å². The fourth-order valence-corrected chi connectivity index (χ4v) is 5.57. The number of fused-ring (bicyclic) bond motifs is 2. The van der Waals surface area contributed by atoms with Gasteiger partial charge in [-0.15, -0.1) is 5.10 Å². The quantitative estimate of drug-likeness (QED) is 0.351. The normalized spacial score (nSPS) is 15.9. The predicted molar refractivity (Wildman–Crippen MR) is 144 cm³/mol. The Morgan fingerprint density at radius 3 is 2.70 bits per heavy atom. The van der Waals surface area contributed by atoms with Crippen molar-refractivity contribution in [2.45, 2.75) is 45.6 Å². The highest BCUT2D eigenvalue weighted by Gasteiger charge is 2.29. The maximum atomic E-state index is 4.95. The van der Waals surface area contributed by atoms with Crippen molar-refractivity contribution in [2.75, 3.05) is 18.4 Å². The molecule has 1 fully saturated rings. The number of likely N-dealkylation sites (N-methyl/N-ethyl adjacent to an activating group) is 1. The highest BCUT2D eigenvalue weighted by Crippen LogP contribution is 2.47. The van der Waals surface area contributed by atoms with E-state index in [1.807, 2.05) is 17.9 Å². The van der Waals surface area contributed by atoms with Crippen molar-refractivity contribution in [1.29, 1.82) is 0 Å². The highest BCUT2D eigenvalue weighted by atomic mass is 15.4. The molecule has 1 aliphatic carbocycles. The molecular formula is C28H31N9. The average Bonchev–Trinajstić information content (AvgIpc) is 3.38. The van der Waals surface area contributed by atoms with E-state index < -0.39 is 0 Å². The van der Waals surface area contributed by atoms with Crippen molar-refractivity contribution < 1.29 is 0 Å². The van der Waals surface area contributed by atoms with Gasteiger partial charge in [0.05, 0.1) is 23.1 Å². The molecule has 3 aromatic heterocycles. The van der Waals surface area contributed by atoms with Crippen LogP contribution in [0.1, 0.15) is 48.2 Å². The van der Waals surface area contributed by atoms with Gasteiger partial charge in [0.15, 0.2) is 5.82 Å². The molecule has 9 heteroatoms. The lowest BCUT2D eigenvalue weighted by molar-refractivity contribution is 0.264. The van der Waals surface area contributed by atoms with Crippen LogP contribution >= 0.6 is 0 Å². The van der Waals surface area contributed by atoms with E-state index in [2.05, 4.69) is 75.3 Å². The van der Waals surface area contributed by atoms with Crippen molar-refractivity contribution in [2.24, 2.45) is 7.05 Å². The molecule has 2 aliphatic rings. The number of nitrogens with one attached hydrogen (secondary N) is 2. The molecule has 0 atom stereocenters. The lowest BCUT2D eigenvalue weighted by atomic mass is 10.0. The van der Waals surface area contributed by atoms with Gasteiger partial charge in [-0.1, -0.05) is 6.92 Å². The molecule has 0 saturated heterocycles. The van der Waals surface area contributed by atoms with Crippen LogP contribution in [0.4, 0.5) is 11.6 Å². The topological polar surface area (TPSA) is 92.5 Å². The van der Waals surface area contributed by atoms with E-state index in [0.29, 0.717) is 11.7 Å². The molecule has 188 valence electrons. The summed E-state index contributed by atoms with van der Waals surface area (Å²) < 4.78 is 3.89. The van der Waals surface area contributed by atoms with Gasteiger partial charge in [-0.2, -0.15) is 15.2 Å². The minimum atomic E-state index is 0.575. The Morgan fingerprint density at radius 1 is 1.08 bits per heavy atom. The van der Waals surface area contributed by atoms with Crippen LogP contribution in [-0.2, 0) is 20.0 Å². The number of anilines is 2. The zero-order valence-electron chi connectivity index (χ0n) is 21.5. The van der Waals surface area contributed by atoms with Gasteiger partial charge in [0.2, 0.25) is 5.95 Å². The summed E-state index contributed by atoms with van der Waals surface area (Å²) in [6, 6.07) is 12.6. The molecule has 0 radical (unpaired) electrons. The minimum Gasteiger partial charge on any atom is -0.324 e. The lowest BCUT2D eigenvalue weighted by Gasteiger charge is -2.24. The molecule has 0 unspecified atom stereocenters. The van der Waals surface area contributed by atoms with Crippen LogP contribution in [-0.4, -0.2) is 52.7 Å². The number of H-pyrrole nitrogens is 1. The first-order valence-corrected chi connectivity index (χ1v) is 13.1. The van der Waals surface area contributed by atoms with E-state index in [9.17, 15) is 0 Å². The molecule has 1 aliphatic heterocycles. The Kier molecular flexibility index (Phi) is 5.14. The third kappa shape index (κ3) is 3.81. The van der Waals surface area contributed by atoms with Crippen LogP contribution in [0, 0.1) is 6.92 Å². The van der Waals surface area contributed by atoms with Crippen LogP contribution in [0.5, 0.6) is 0 Å². The summed E-state index contributed by atoms with van der Waals surface area (Å²) in [5, 5.41) is 21.7. The molecule has 37 heavy (non-hydrogen) atoms. The summed E-state index contributed by atoms with van der Waals surface area (Å²) in [5.74, 6) is 1.99. The molecular weight excluding hydrogens is 462 g/mol. The zero-order valence-corrected chi connectivity index (χ0v) is 21.5. The van der Waals surface area contributed by atoms with Gasteiger partial charge in [0.25, 0.3) is 0 Å². The van der Waals surface area contributed by atoms with Crippen LogP contribution in [0.25, 0.3) is 28.0 Å². The van der Waals surface area contributed by atoms with E-state index in [1.54, 1.807) is 0 Å². The van der Waals surface area contributed by atoms with Gasteiger partial charge in [-0.3, -0.25) is 10.00 Å². The van der Waals surface area contributed by atoms with Gasteiger partial charge in [-0.05, 0) is 86.2 Å². The first-order valence-electron chi connectivity index (χ1n) is 13.1. The Hall–Kier alpha value is -3.98. The third-order valence-electron chi connectivity index (χ3n) is 7.85. The molecule has 4 heterocycles. The molecule has 5 aromatic rings. The second-order valence-corrected chi connectivity index (χ2v) is 10.2. The largest absolute Gasteiger partial charge is 0.324 e. The molecule has 0 spiro atoms. The monoisotopic (exact) mass is 493 g/mol. The maximum absolute atomic E-state index is 4.95. The summed E-state index contributed by atoms with van der Waals surface area (Å²) in [6.07, 6.45) is 5.42. The first kappa shape index (κ1) is 22.2. The number of aromatic nitrogens is 7. The second-order valence-electron chi connectivity index (χ2n) is 10.2. The lowest BCUT2D eigenvalue weighted by Crippen LogP contribution is -2.30. The summed E-state index contributed by atoms with van der Waals surface area (Å²) >= 11 is 0. The molecule has 1 saturated carbocycles. The second kappa shape index (κ2) is 8.55. The first-order chi connectivity index (χ1) is 18.1. The van der Waals surface area contributed by atoms with Crippen molar-refractivity contribution in [3.05, 3.63) is 65.1 Å². The zero-order chi connectivity index (χ0) is 25.1. The Bertz CT molecular complexity index is 1600. The number of aryl methyl sites for hydroxylation is 1. The molecule has 9 nitrogen and oxygen atoms in total. The summed E-state index contributed by atoms with van der Waals surface area (Å²) in [7, 11) is 1.93. The van der Waals surface area contributed by atoms with Crippen LogP contribution < -0.4 is 5.32 Å². The molecule has 2 aromatic carbocycles. The van der Waals surface area contributed by atoms with Crippen molar-refractivity contribution >= 4 is 22.5 Å². The van der Waals surface area contributed by atoms with Crippen LogP contribution in [0.3, 0.4) is 0 Å². The van der Waals surface area contributed by atoms with E-state index in [-0.39, 0.29) is 0 Å². The van der Waals surface area contributed by atoms with Crippen LogP contribution in [0.2, 0.25) is 0 Å². The van der Waals surface area contributed by atoms with Crippen LogP contribution in [0.15, 0.2) is 42.6 Å². The maximum Gasteiger partial charge on any atom is 0.225 e. The summed E-state index contributed by atoms with van der Waals surface area (Å²) in [6.45, 7) is 7.49. The smallest absolute Gasteiger partial charge is 0.225 e. The minimum absolute atomic E-state index is 0.575. The number of nitrogens with zero attached hydrogens (tertiary/aromatic N) is 7. The van der Waals surface area contributed by atoms with E-state index >= 15 is 0 Å². The van der Waals surface area contributed by atoms with Gasteiger partial charge < -0.3 is 5.32 Å². The van der Waals surface area contributed by atoms with Crippen molar-refractivity contribution in [1.82, 2.24) is 39.6 Å². The number of benzene rings is 2. The van der Waals surface area contributed by atoms with Gasteiger partial charge >= 0.3 is 0 Å². The standard InChI is InChI=1S/C28H31N9/c1-4-36-14-13-21-17(2)37(33-25(21)16-36)20-9-7-19(8-10-20)27-31-28(35(3)34-27)30-24-12-11-23-22(15-29-32-23)26(24)18-5-6-18/h7-12,15,18H,4-6,13-14,16H2,1-3H3,(H,29,32)(H,30,31,34). The Balaban J connectivity index is 1.16.